The summed E-state index contributed by atoms with van der Waals surface area (Å²) in [6.45, 7) is 0. The molecule has 1 saturated carbocycles. The SMILES string of the molecule is O=c1[nH]ccc2nc(N[C@H]3CC[C@H](O)CC3)nc(Nc3cc(C(F)(F)F)cc(C(F)(F)F)c3)c12. The Morgan fingerprint density at radius 2 is 1.56 bits per heavy atom. The van der Waals surface area contributed by atoms with Crippen molar-refractivity contribution in [2.75, 3.05) is 10.6 Å². The van der Waals surface area contributed by atoms with Crippen molar-refractivity contribution in [3.63, 3.8) is 0 Å². The second-order valence-corrected chi connectivity index (χ2v) is 8.03. The van der Waals surface area contributed by atoms with E-state index in [4.69, 9.17) is 0 Å². The molecule has 4 N–H and O–H groups in total. The summed E-state index contributed by atoms with van der Waals surface area (Å²) in [4.78, 5) is 23.2. The molecule has 4 rings (SSSR count). The van der Waals surface area contributed by atoms with Crippen LogP contribution in [0.25, 0.3) is 10.9 Å². The molecule has 1 aliphatic carbocycles. The number of aromatic nitrogens is 3. The number of rotatable bonds is 4. The van der Waals surface area contributed by atoms with Crippen LogP contribution >= 0.6 is 0 Å². The number of pyridine rings is 1. The van der Waals surface area contributed by atoms with Crippen molar-refractivity contribution in [3.8, 4) is 0 Å². The Morgan fingerprint density at radius 1 is 0.941 bits per heavy atom. The van der Waals surface area contributed by atoms with Gasteiger partial charge in [0.1, 0.15) is 11.2 Å². The molecule has 2 aromatic heterocycles. The Morgan fingerprint density at radius 3 is 2.15 bits per heavy atom. The van der Waals surface area contributed by atoms with Crippen LogP contribution in [-0.2, 0) is 12.4 Å². The molecule has 34 heavy (non-hydrogen) atoms. The smallest absolute Gasteiger partial charge is 0.393 e. The predicted octanol–water partition coefficient (Wildman–Crippen LogP) is 4.81. The molecule has 2 heterocycles. The van der Waals surface area contributed by atoms with Crippen molar-refractivity contribution in [1.82, 2.24) is 15.0 Å². The average Bonchev–Trinajstić information content (AvgIpc) is 2.74. The molecule has 3 aromatic rings. The minimum absolute atomic E-state index is 0.0144. The molecule has 182 valence electrons. The van der Waals surface area contributed by atoms with Crippen LogP contribution in [0.15, 0.2) is 35.3 Å². The molecule has 0 saturated heterocycles. The van der Waals surface area contributed by atoms with Gasteiger partial charge in [-0.2, -0.15) is 31.3 Å². The maximum atomic E-state index is 13.2. The summed E-state index contributed by atoms with van der Waals surface area (Å²) < 4.78 is 79.4. The van der Waals surface area contributed by atoms with Gasteiger partial charge in [0, 0.05) is 17.9 Å². The fourth-order valence-electron chi connectivity index (χ4n) is 3.81. The maximum absolute atomic E-state index is 13.2. The average molecular weight is 487 g/mol. The fourth-order valence-corrected chi connectivity index (χ4v) is 3.81. The molecule has 1 aliphatic rings. The number of nitrogens with one attached hydrogen (secondary N) is 3. The van der Waals surface area contributed by atoms with E-state index in [1.807, 2.05) is 0 Å². The van der Waals surface area contributed by atoms with Crippen LogP contribution in [0.3, 0.4) is 0 Å². The first kappa shape index (κ1) is 23.8. The highest BCUT2D eigenvalue weighted by molar-refractivity contribution is 5.91. The van der Waals surface area contributed by atoms with Crippen LogP contribution < -0.4 is 16.2 Å². The van der Waals surface area contributed by atoms with E-state index in [1.54, 1.807) is 0 Å². The van der Waals surface area contributed by atoms with E-state index in [-0.39, 0.29) is 34.8 Å². The standard InChI is InChI=1S/C21H19F6N5O2/c22-20(23,24)10-7-11(21(25,26)27)9-13(8-10)29-17-16-15(5-6-28-18(16)34)31-19(32-17)30-12-1-3-14(33)4-2-12/h5-9,12,14,33H,1-4H2,(H,28,34)(H2,29,30,31,32)/t12-,14-. The number of H-pyrrole nitrogens is 1. The minimum atomic E-state index is -5.03. The molecule has 13 heteroatoms. The van der Waals surface area contributed by atoms with E-state index >= 15 is 0 Å². The van der Waals surface area contributed by atoms with Gasteiger partial charge in [0.25, 0.3) is 5.56 Å². The van der Waals surface area contributed by atoms with Crippen molar-refractivity contribution < 1.29 is 31.4 Å². The topological polar surface area (TPSA) is 103 Å². The zero-order chi connectivity index (χ0) is 24.7. The summed E-state index contributed by atoms with van der Waals surface area (Å²) in [6.07, 6.45) is -6.81. The van der Waals surface area contributed by atoms with E-state index in [2.05, 4.69) is 25.6 Å². The molecule has 0 radical (unpaired) electrons. The largest absolute Gasteiger partial charge is 0.416 e. The summed E-state index contributed by atoms with van der Waals surface area (Å²) in [7, 11) is 0. The number of aromatic amines is 1. The van der Waals surface area contributed by atoms with Gasteiger partial charge in [-0.1, -0.05) is 0 Å². The van der Waals surface area contributed by atoms with Gasteiger partial charge in [0.2, 0.25) is 5.95 Å². The highest BCUT2D eigenvalue weighted by Gasteiger charge is 2.37. The monoisotopic (exact) mass is 487 g/mol. The van der Waals surface area contributed by atoms with Crippen LogP contribution in [0.4, 0.5) is 43.8 Å². The summed E-state index contributed by atoms with van der Waals surface area (Å²) in [5.74, 6) is -0.206. The number of hydrogen-bond donors (Lipinski definition) is 4. The number of nitrogens with zero attached hydrogens (tertiary/aromatic N) is 2. The third kappa shape index (κ3) is 5.24. The molecule has 0 unspecified atom stereocenters. The van der Waals surface area contributed by atoms with Crippen molar-refractivity contribution in [2.24, 2.45) is 0 Å². The van der Waals surface area contributed by atoms with Crippen molar-refractivity contribution in [3.05, 3.63) is 51.9 Å². The van der Waals surface area contributed by atoms with Crippen molar-refractivity contribution >= 4 is 28.4 Å². The summed E-state index contributed by atoms with van der Waals surface area (Å²) in [5.41, 5.74) is -4.08. The Labute approximate surface area is 188 Å². The van der Waals surface area contributed by atoms with Crippen LogP contribution in [0.1, 0.15) is 36.8 Å². The number of alkyl halides is 6. The summed E-state index contributed by atoms with van der Waals surface area (Å²) in [5, 5.41) is 15.0. The number of hydrogen-bond acceptors (Lipinski definition) is 6. The third-order valence-corrected chi connectivity index (χ3v) is 5.50. The number of aliphatic hydroxyl groups is 1. The first-order valence-electron chi connectivity index (χ1n) is 10.3. The molecule has 0 aliphatic heterocycles. The van der Waals surface area contributed by atoms with Gasteiger partial charge in [0.15, 0.2) is 0 Å². The van der Waals surface area contributed by atoms with Crippen molar-refractivity contribution in [2.45, 2.75) is 50.2 Å². The van der Waals surface area contributed by atoms with Gasteiger partial charge < -0.3 is 20.7 Å². The van der Waals surface area contributed by atoms with Gasteiger partial charge in [-0.05, 0) is 49.9 Å². The quantitative estimate of drug-likeness (QED) is 0.394. The Kier molecular flexibility index (Phi) is 6.14. The Bertz CT molecular complexity index is 1220. The molecule has 1 aromatic carbocycles. The first-order chi connectivity index (χ1) is 15.9. The number of fused-ring (bicyclic) bond motifs is 1. The Hall–Kier alpha value is -3.35. The third-order valence-electron chi connectivity index (χ3n) is 5.50. The number of anilines is 3. The molecule has 0 atom stereocenters. The molecule has 0 spiro atoms. The van der Waals surface area contributed by atoms with E-state index < -0.39 is 40.8 Å². The normalized spacial score (nSPS) is 19.3. The molecule has 0 amide bonds. The van der Waals surface area contributed by atoms with E-state index in [1.165, 1.54) is 12.3 Å². The molecular weight excluding hydrogens is 468 g/mol. The molecule has 7 nitrogen and oxygen atoms in total. The molecule has 0 bridgehead atoms. The second-order valence-electron chi connectivity index (χ2n) is 8.03. The van der Waals surface area contributed by atoms with Crippen LogP contribution in [0.5, 0.6) is 0 Å². The van der Waals surface area contributed by atoms with Gasteiger partial charge in [-0.25, -0.2) is 4.98 Å². The van der Waals surface area contributed by atoms with Gasteiger partial charge in [0.05, 0.1) is 22.7 Å². The second kappa shape index (κ2) is 8.78. The molecular formula is C21H19F6N5O2. The van der Waals surface area contributed by atoms with E-state index in [0.717, 1.165) is 0 Å². The predicted molar refractivity (Wildman–Crippen MR) is 112 cm³/mol. The van der Waals surface area contributed by atoms with Crippen LogP contribution in [0.2, 0.25) is 0 Å². The number of benzene rings is 1. The Balaban J connectivity index is 1.77. The lowest BCUT2D eigenvalue weighted by Gasteiger charge is -2.26. The molecule has 1 fully saturated rings. The highest BCUT2D eigenvalue weighted by atomic mass is 19.4. The lowest BCUT2D eigenvalue weighted by Crippen LogP contribution is -2.29. The minimum Gasteiger partial charge on any atom is -0.393 e. The lowest BCUT2D eigenvalue weighted by atomic mass is 9.93. The zero-order valence-electron chi connectivity index (χ0n) is 17.4. The zero-order valence-corrected chi connectivity index (χ0v) is 17.4. The first-order valence-corrected chi connectivity index (χ1v) is 10.3. The number of aliphatic hydroxyl groups excluding tert-OH is 1. The number of halogens is 6. The lowest BCUT2D eigenvalue weighted by molar-refractivity contribution is -0.143. The van der Waals surface area contributed by atoms with Gasteiger partial charge in [-0.3, -0.25) is 4.79 Å². The fraction of sp³-hybridized carbons (Fsp3) is 0.381. The van der Waals surface area contributed by atoms with Crippen molar-refractivity contribution in [1.29, 1.82) is 0 Å². The van der Waals surface area contributed by atoms with Crippen LogP contribution in [-0.4, -0.2) is 32.2 Å². The van der Waals surface area contributed by atoms with Gasteiger partial charge >= 0.3 is 12.4 Å². The summed E-state index contributed by atoms with van der Waals surface area (Å²) in [6, 6.07) is 2.38. The van der Waals surface area contributed by atoms with E-state index in [9.17, 15) is 36.2 Å². The summed E-state index contributed by atoms with van der Waals surface area (Å²) >= 11 is 0. The van der Waals surface area contributed by atoms with E-state index in [0.29, 0.717) is 37.8 Å². The maximum Gasteiger partial charge on any atom is 0.416 e. The van der Waals surface area contributed by atoms with Gasteiger partial charge in [-0.15, -0.1) is 0 Å². The van der Waals surface area contributed by atoms with Crippen LogP contribution in [0, 0.1) is 0 Å². The highest BCUT2D eigenvalue weighted by Crippen LogP contribution is 2.38.